The fourth-order valence-electron chi connectivity index (χ4n) is 6.95. The summed E-state index contributed by atoms with van der Waals surface area (Å²) in [4.78, 5) is 63.6. The Balaban J connectivity index is 1.28. The van der Waals surface area contributed by atoms with Gasteiger partial charge in [-0.2, -0.15) is 4.58 Å². The first kappa shape index (κ1) is 47.6. The molecule has 14 nitrogen and oxygen atoms in total. The van der Waals surface area contributed by atoms with Gasteiger partial charge in [0.2, 0.25) is 17.2 Å². The summed E-state index contributed by atoms with van der Waals surface area (Å²) in [7, 11) is 0. The van der Waals surface area contributed by atoms with E-state index in [1.807, 2.05) is 85.7 Å². The van der Waals surface area contributed by atoms with Crippen LogP contribution in [0.2, 0.25) is 0 Å². The van der Waals surface area contributed by atoms with Gasteiger partial charge in [-0.1, -0.05) is 54.6 Å². The Morgan fingerprint density at radius 2 is 1.22 bits per heavy atom. The summed E-state index contributed by atoms with van der Waals surface area (Å²) in [6.07, 6.45) is 5.94. The van der Waals surface area contributed by atoms with Crippen LogP contribution in [-0.2, 0) is 33.3 Å². The molecule has 334 valence electrons. The van der Waals surface area contributed by atoms with Crippen LogP contribution in [0, 0.1) is 27.7 Å². The summed E-state index contributed by atoms with van der Waals surface area (Å²) in [5, 5.41) is 16.4. The molecule has 0 spiro atoms. The Kier molecular flexibility index (Phi) is 16.4. The molecule has 0 saturated carbocycles. The van der Waals surface area contributed by atoms with Gasteiger partial charge in [-0.25, -0.2) is 19.2 Å². The maximum absolute atomic E-state index is 13.7. The molecular formula is C50H55N4O10+. The van der Waals surface area contributed by atoms with E-state index in [1.54, 1.807) is 24.3 Å². The Hall–Kier alpha value is -7.48. The van der Waals surface area contributed by atoms with Crippen molar-refractivity contribution in [1.82, 2.24) is 10.6 Å². The zero-order valence-electron chi connectivity index (χ0n) is 37.2. The number of carbonyl (C=O) groups excluding carboxylic acids is 5. The molecule has 0 radical (unpaired) electrons. The van der Waals surface area contributed by atoms with Gasteiger partial charge >= 0.3 is 24.1 Å². The lowest BCUT2D eigenvalue weighted by Gasteiger charge is -2.28. The number of nitrogens with one attached hydrogen (secondary N) is 2. The van der Waals surface area contributed by atoms with Crippen molar-refractivity contribution < 1.29 is 52.6 Å². The summed E-state index contributed by atoms with van der Waals surface area (Å²) >= 11 is 0. The van der Waals surface area contributed by atoms with E-state index in [9.17, 15) is 29.1 Å². The lowest BCUT2D eigenvalue weighted by molar-refractivity contribution is -0.442. The summed E-state index contributed by atoms with van der Waals surface area (Å²) in [6, 6.07) is 19.4. The van der Waals surface area contributed by atoms with E-state index >= 15 is 0 Å². The SMILES string of the molecule is C=C(C)C(=O)OCCNC(=O)OCCN(c1ccc(C2=C(O)C(=C3C=CC(=[N+](CCOC(=O)NCCOC(=O)C(=C)C)c4ccc(C)cc4C)C=C3)C2=O)cc1)c1ccc(C)cc1C. The van der Waals surface area contributed by atoms with Gasteiger partial charge in [0, 0.05) is 46.3 Å². The van der Waals surface area contributed by atoms with Gasteiger partial charge in [0.15, 0.2) is 13.2 Å². The van der Waals surface area contributed by atoms with E-state index in [-0.39, 0.29) is 73.4 Å². The molecule has 5 rings (SSSR count). The number of aliphatic hydroxyl groups is 1. The Morgan fingerprint density at radius 3 is 1.75 bits per heavy atom. The molecule has 0 aromatic heterocycles. The van der Waals surface area contributed by atoms with Crippen molar-refractivity contribution in [2.45, 2.75) is 41.5 Å². The van der Waals surface area contributed by atoms with Crippen LogP contribution in [0.25, 0.3) is 5.57 Å². The fraction of sp³-hybridized carbons (Fsp3) is 0.280. The van der Waals surface area contributed by atoms with Gasteiger partial charge in [-0.05, 0) is 94.7 Å². The molecule has 3 aromatic carbocycles. The first-order valence-corrected chi connectivity index (χ1v) is 20.8. The van der Waals surface area contributed by atoms with Crippen LogP contribution in [0.3, 0.4) is 0 Å². The lowest BCUT2D eigenvalue weighted by Crippen LogP contribution is -2.31. The molecule has 2 aliphatic carbocycles. The number of benzene rings is 3. The number of nitrogens with zero attached hydrogens (tertiary/aromatic N) is 2. The smallest absolute Gasteiger partial charge is 0.407 e. The van der Waals surface area contributed by atoms with E-state index in [1.165, 1.54) is 13.8 Å². The number of hydrogen-bond acceptors (Lipinski definition) is 11. The molecule has 0 aliphatic heterocycles. The van der Waals surface area contributed by atoms with Gasteiger partial charge in [0.05, 0.1) is 30.8 Å². The number of allylic oxidation sites excluding steroid dienone is 7. The van der Waals surface area contributed by atoms with Crippen molar-refractivity contribution in [3.8, 4) is 0 Å². The topological polar surface area (TPSA) is 173 Å². The number of amides is 2. The first-order chi connectivity index (χ1) is 30.5. The van der Waals surface area contributed by atoms with E-state index < -0.39 is 24.1 Å². The zero-order valence-corrected chi connectivity index (χ0v) is 37.2. The second-order valence-electron chi connectivity index (χ2n) is 15.4. The molecule has 0 heterocycles. The monoisotopic (exact) mass is 871 g/mol. The molecule has 0 saturated heterocycles. The molecule has 0 fully saturated rings. The highest BCUT2D eigenvalue weighted by atomic mass is 16.6. The fourth-order valence-corrected chi connectivity index (χ4v) is 6.95. The van der Waals surface area contributed by atoms with E-state index in [0.29, 0.717) is 24.2 Å². The van der Waals surface area contributed by atoms with Crippen LogP contribution >= 0.6 is 0 Å². The third kappa shape index (κ3) is 12.3. The molecular weight excluding hydrogens is 817 g/mol. The molecule has 3 aromatic rings. The molecule has 0 unspecified atom stereocenters. The number of ether oxygens (including phenoxy) is 4. The van der Waals surface area contributed by atoms with Crippen LogP contribution in [-0.4, -0.2) is 97.9 Å². The van der Waals surface area contributed by atoms with Crippen LogP contribution in [0.5, 0.6) is 0 Å². The second-order valence-corrected chi connectivity index (χ2v) is 15.4. The van der Waals surface area contributed by atoms with Crippen molar-refractivity contribution in [2.24, 2.45) is 0 Å². The van der Waals surface area contributed by atoms with E-state index in [4.69, 9.17) is 18.9 Å². The summed E-state index contributed by atoms with van der Waals surface area (Å²) in [5.74, 6) is -1.47. The van der Waals surface area contributed by atoms with Crippen LogP contribution in [0.1, 0.15) is 41.7 Å². The van der Waals surface area contributed by atoms with Crippen LogP contribution < -0.4 is 15.5 Å². The Bertz CT molecular complexity index is 2490. The molecule has 2 amide bonds. The lowest BCUT2D eigenvalue weighted by atomic mass is 9.80. The van der Waals surface area contributed by atoms with Crippen LogP contribution in [0.15, 0.2) is 126 Å². The molecule has 2 aliphatic rings. The van der Waals surface area contributed by atoms with Crippen molar-refractivity contribution in [2.75, 3.05) is 57.5 Å². The average molecular weight is 872 g/mol. The highest BCUT2D eigenvalue weighted by molar-refractivity contribution is 6.39. The quantitative estimate of drug-likeness (QED) is 0.0374. The number of ketones is 1. The predicted molar refractivity (Wildman–Crippen MR) is 245 cm³/mol. The highest BCUT2D eigenvalue weighted by Gasteiger charge is 2.37. The van der Waals surface area contributed by atoms with Crippen molar-refractivity contribution >= 4 is 58.3 Å². The number of Topliss-reactive ketones (excluding diaryl/α,β-unsaturated/α-hetero) is 1. The first-order valence-electron chi connectivity index (χ1n) is 20.8. The van der Waals surface area contributed by atoms with Gasteiger partial charge in [0.25, 0.3) is 0 Å². The third-order valence-corrected chi connectivity index (χ3v) is 10.2. The van der Waals surface area contributed by atoms with Gasteiger partial charge in [0.1, 0.15) is 25.6 Å². The Labute approximate surface area is 373 Å². The molecule has 0 bridgehead atoms. The minimum Gasteiger partial charge on any atom is -0.506 e. The Morgan fingerprint density at radius 1 is 0.672 bits per heavy atom. The molecule has 14 heteroatoms. The van der Waals surface area contributed by atoms with Gasteiger partial charge in [-0.3, -0.25) is 4.79 Å². The van der Waals surface area contributed by atoms with Crippen LogP contribution in [0.4, 0.5) is 26.7 Å². The molecule has 3 N–H and O–H groups in total. The maximum atomic E-state index is 13.7. The average Bonchev–Trinajstić information content (AvgIpc) is 3.25. The highest BCUT2D eigenvalue weighted by Crippen LogP contribution is 2.40. The van der Waals surface area contributed by atoms with Gasteiger partial charge < -0.3 is 39.6 Å². The number of aliphatic hydroxyl groups excluding tert-OH is 1. The van der Waals surface area contributed by atoms with Crippen molar-refractivity contribution in [3.63, 3.8) is 0 Å². The summed E-state index contributed by atoms with van der Waals surface area (Å²) in [6.45, 7) is 19.0. The predicted octanol–water partition coefficient (Wildman–Crippen LogP) is 7.81. The minimum absolute atomic E-state index is 0.0168. The minimum atomic E-state index is -0.654. The van der Waals surface area contributed by atoms with Crippen molar-refractivity contribution in [3.05, 3.63) is 154 Å². The summed E-state index contributed by atoms with van der Waals surface area (Å²) < 4.78 is 22.9. The number of esters is 2. The number of alkyl carbamates (subject to hydrolysis) is 2. The van der Waals surface area contributed by atoms with E-state index in [2.05, 4.69) is 35.9 Å². The number of rotatable bonds is 18. The maximum Gasteiger partial charge on any atom is 0.407 e. The molecule has 64 heavy (non-hydrogen) atoms. The zero-order chi connectivity index (χ0) is 46.5. The number of aryl methyl sites for hydroxylation is 4. The third-order valence-electron chi connectivity index (χ3n) is 10.2. The second kappa shape index (κ2) is 22.0. The van der Waals surface area contributed by atoms with Gasteiger partial charge in [-0.15, -0.1) is 0 Å². The largest absolute Gasteiger partial charge is 0.506 e. The number of hydrogen-bond donors (Lipinski definition) is 3. The summed E-state index contributed by atoms with van der Waals surface area (Å²) in [5.41, 5.74) is 9.62. The number of anilines is 2. The molecule has 0 atom stereocenters. The standard InChI is InChI=1S/C50H54N4O10/c1-31(2)47(57)61-25-21-51-49(59)63-27-23-53(41-19-9-33(5)29-35(41)7)39-15-11-37(12-16-39)43-45(55)44(46(43)56)38-13-17-40(18-14-38)54(42-20-10-34(6)30-36(42)8)24-28-64-50(60)52-22-26-62-48(58)32(3)4/h9-20,29-30H,1,3,21-28H2,2,4-8H3,(H2-,51,52,55,56,59,60)/p+1. The van der Waals surface area contributed by atoms with E-state index in [0.717, 1.165) is 45.0 Å². The van der Waals surface area contributed by atoms with Crippen molar-refractivity contribution in [1.29, 1.82) is 0 Å². The normalized spacial score (nSPS) is 12.9. The number of carbonyl (C=O) groups is 5.